The van der Waals surface area contributed by atoms with Crippen molar-refractivity contribution in [3.63, 3.8) is 0 Å². The number of nitrogens with zero attached hydrogens (tertiary/aromatic N) is 1. The Labute approximate surface area is 109 Å². The van der Waals surface area contributed by atoms with Crippen molar-refractivity contribution in [3.05, 3.63) is 35.0 Å². The van der Waals surface area contributed by atoms with Crippen LogP contribution in [0, 0.1) is 5.82 Å². The number of carbonyl (C=O) groups is 1. The van der Waals surface area contributed by atoms with Crippen molar-refractivity contribution in [2.45, 2.75) is 13.0 Å². The highest BCUT2D eigenvalue weighted by atomic mass is 32.1. The number of hydrogen-bond acceptors (Lipinski definition) is 3. The summed E-state index contributed by atoms with van der Waals surface area (Å²) in [5, 5.41) is 0.761. The molecule has 0 aliphatic carbocycles. The third-order valence-corrected chi connectivity index (χ3v) is 4.12. The second kappa shape index (κ2) is 5.04. The van der Waals surface area contributed by atoms with Crippen LogP contribution in [0.25, 0.3) is 10.1 Å². The molecule has 0 aliphatic heterocycles. The van der Waals surface area contributed by atoms with Gasteiger partial charge in [-0.3, -0.25) is 4.79 Å². The van der Waals surface area contributed by atoms with Crippen molar-refractivity contribution in [2.24, 2.45) is 5.73 Å². The highest BCUT2D eigenvalue weighted by Gasteiger charge is 2.18. The van der Waals surface area contributed by atoms with Crippen LogP contribution >= 0.6 is 11.3 Å². The standard InChI is InChI=1S/C13H15FN2OS/c1-8(7-15)16(2)13(17)12-6-9-5-10(14)3-4-11(9)18-12/h3-6,8H,7,15H2,1-2H3. The van der Waals surface area contributed by atoms with E-state index in [0.29, 0.717) is 11.4 Å². The van der Waals surface area contributed by atoms with Crippen LogP contribution in [-0.4, -0.2) is 30.4 Å². The predicted molar refractivity (Wildman–Crippen MR) is 72.4 cm³/mol. The Morgan fingerprint density at radius 1 is 1.50 bits per heavy atom. The first kappa shape index (κ1) is 13.0. The highest BCUT2D eigenvalue weighted by Crippen LogP contribution is 2.27. The van der Waals surface area contributed by atoms with Crippen molar-refractivity contribution >= 4 is 27.3 Å². The Morgan fingerprint density at radius 3 is 2.89 bits per heavy atom. The third-order valence-electron chi connectivity index (χ3n) is 3.01. The van der Waals surface area contributed by atoms with Gasteiger partial charge in [0.05, 0.1) is 4.88 Å². The van der Waals surface area contributed by atoms with Crippen LogP contribution in [-0.2, 0) is 0 Å². The number of carbonyl (C=O) groups excluding carboxylic acids is 1. The van der Waals surface area contributed by atoms with Gasteiger partial charge in [0.25, 0.3) is 5.91 Å². The smallest absolute Gasteiger partial charge is 0.263 e. The lowest BCUT2D eigenvalue weighted by atomic mass is 10.2. The lowest BCUT2D eigenvalue weighted by Gasteiger charge is -2.22. The van der Waals surface area contributed by atoms with Crippen molar-refractivity contribution in [1.29, 1.82) is 0 Å². The zero-order valence-electron chi connectivity index (χ0n) is 10.3. The SMILES string of the molecule is CC(CN)N(C)C(=O)c1cc2cc(F)ccc2s1. The summed E-state index contributed by atoms with van der Waals surface area (Å²) in [5.41, 5.74) is 5.54. The molecule has 5 heteroatoms. The predicted octanol–water partition coefficient (Wildman–Crippen LogP) is 2.46. The van der Waals surface area contributed by atoms with E-state index in [4.69, 9.17) is 5.73 Å². The number of nitrogens with two attached hydrogens (primary N) is 1. The molecule has 18 heavy (non-hydrogen) atoms. The van der Waals surface area contributed by atoms with Gasteiger partial charge in [-0.2, -0.15) is 0 Å². The second-order valence-corrected chi connectivity index (χ2v) is 5.38. The van der Waals surface area contributed by atoms with Crippen molar-refractivity contribution in [1.82, 2.24) is 4.90 Å². The molecule has 1 atom stereocenters. The highest BCUT2D eigenvalue weighted by molar-refractivity contribution is 7.20. The summed E-state index contributed by atoms with van der Waals surface area (Å²) in [4.78, 5) is 14.4. The van der Waals surface area contributed by atoms with E-state index in [2.05, 4.69) is 0 Å². The summed E-state index contributed by atoms with van der Waals surface area (Å²) >= 11 is 1.37. The van der Waals surface area contributed by atoms with E-state index >= 15 is 0 Å². The fraction of sp³-hybridized carbons (Fsp3) is 0.308. The zero-order chi connectivity index (χ0) is 13.3. The Hall–Kier alpha value is -1.46. The van der Waals surface area contributed by atoms with Gasteiger partial charge in [0.15, 0.2) is 0 Å². The molecular weight excluding hydrogens is 251 g/mol. The monoisotopic (exact) mass is 266 g/mol. The minimum Gasteiger partial charge on any atom is -0.337 e. The minimum atomic E-state index is -0.289. The van der Waals surface area contributed by atoms with Crippen molar-refractivity contribution in [2.75, 3.05) is 13.6 Å². The van der Waals surface area contributed by atoms with Crippen molar-refractivity contribution in [3.8, 4) is 0 Å². The Bertz CT molecular complexity index is 581. The Morgan fingerprint density at radius 2 is 2.22 bits per heavy atom. The average molecular weight is 266 g/mol. The number of likely N-dealkylation sites (N-methyl/N-ethyl adjacent to an activating group) is 1. The van der Waals surface area contributed by atoms with Gasteiger partial charge in [0.1, 0.15) is 5.82 Å². The molecule has 0 saturated heterocycles. The van der Waals surface area contributed by atoms with Crippen LogP contribution < -0.4 is 5.73 Å². The number of halogens is 1. The summed E-state index contributed by atoms with van der Waals surface area (Å²) in [6.45, 7) is 2.31. The van der Waals surface area contributed by atoms with Crippen LogP contribution in [0.5, 0.6) is 0 Å². The molecular formula is C13H15FN2OS. The Kier molecular flexibility index (Phi) is 3.63. The van der Waals surface area contributed by atoms with Gasteiger partial charge in [0.2, 0.25) is 0 Å². The van der Waals surface area contributed by atoms with E-state index in [1.54, 1.807) is 24.1 Å². The minimum absolute atomic E-state index is 0.0144. The molecule has 1 amide bonds. The molecule has 0 radical (unpaired) electrons. The van der Waals surface area contributed by atoms with E-state index in [-0.39, 0.29) is 17.8 Å². The summed E-state index contributed by atoms with van der Waals surface area (Å²) in [6.07, 6.45) is 0. The zero-order valence-corrected chi connectivity index (χ0v) is 11.1. The van der Waals surface area contributed by atoms with Gasteiger partial charge in [-0.25, -0.2) is 4.39 Å². The number of amides is 1. The third kappa shape index (κ3) is 2.37. The average Bonchev–Trinajstić information content (AvgIpc) is 2.78. The molecule has 2 rings (SSSR count). The van der Waals surface area contributed by atoms with Gasteiger partial charge in [-0.15, -0.1) is 11.3 Å². The van der Waals surface area contributed by atoms with Crippen LogP contribution in [0.2, 0.25) is 0 Å². The molecule has 2 aromatic rings. The fourth-order valence-corrected chi connectivity index (χ4v) is 2.68. The van der Waals surface area contributed by atoms with Crippen LogP contribution in [0.1, 0.15) is 16.6 Å². The van der Waals surface area contributed by atoms with Crippen LogP contribution in [0.15, 0.2) is 24.3 Å². The largest absolute Gasteiger partial charge is 0.337 e. The van der Waals surface area contributed by atoms with E-state index in [1.165, 1.54) is 23.5 Å². The molecule has 0 bridgehead atoms. The first-order valence-electron chi connectivity index (χ1n) is 5.69. The fourth-order valence-electron chi connectivity index (χ4n) is 1.65. The van der Waals surface area contributed by atoms with Gasteiger partial charge >= 0.3 is 0 Å². The van der Waals surface area contributed by atoms with E-state index in [0.717, 1.165) is 10.1 Å². The molecule has 1 heterocycles. The molecule has 0 aliphatic rings. The second-order valence-electron chi connectivity index (χ2n) is 4.29. The van der Waals surface area contributed by atoms with E-state index in [1.807, 2.05) is 6.92 Å². The molecule has 1 unspecified atom stereocenters. The van der Waals surface area contributed by atoms with Gasteiger partial charge < -0.3 is 10.6 Å². The quantitative estimate of drug-likeness (QED) is 0.927. The van der Waals surface area contributed by atoms with Crippen molar-refractivity contribution < 1.29 is 9.18 Å². The van der Waals surface area contributed by atoms with E-state index in [9.17, 15) is 9.18 Å². The number of rotatable bonds is 3. The molecule has 0 spiro atoms. The van der Waals surface area contributed by atoms with Gasteiger partial charge in [0, 0.05) is 24.3 Å². The molecule has 3 nitrogen and oxygen atoms in total. The number of benzene rings is 1. The number of thiophene rings is 1. The normalized spacial score (nSPS) is 12.7. The molecule has 1 aromatic carbocycles. The first-order chi connectivity index (χ1) is 8.52. The number of hydrogen-bond donors (Lipinski definition) is 1. The van der Waals surface area contributed by atoms with Crippen LogP contribution in [0.3, 0.4) is 0 Å². The topological polar surface area (TPSA) is 46.3 Å². The van der Waals surface area contributed by atoms with Gasteiger partial charge in [-0.05, 0) is 36.6 Å². The first-order valence-corrected chi connectivity index (χ1v) is 6.51. The summed E-state index contributed by atoms with van der Waals surface area (Å²) in [5.74, 6) is -0.363. The molecule has 2 N–H and O–H groups in total. The summed E-state index contributed by atoms with van der Waals surface area (Å²) < 4.78 is 14.0. The lowest BCUT2D eigenvalue weighted by molar-refractivity contribution is 0.0753. The van der Waals surface area contributed by atoms with Crippen LogP contribution in [0.4, 0.5) is 4.39 Å². The molecule has 96 valence electrons. The lowest BCUT2D eigenvalue weighted by Crippen LogP contribution is -2.39. The number of fused-ring (bicyclic) bond motifs is 1. The van der Waals surface area contributed by atoms with E-state index < -0.39 is 0 Å². The maximum absolute atomic E-state index is 13.1. The maximum atomic E-state index is 13.1. The van der Waals surface area contributed by atoms with Gasteiger partial charge in [-0.1, -0.05) is 0 Å². The maximum Gasteiger partial charge on any atom is 0.263 e. The Balaban J connectivity index is 2.33. The molecule has 0 fully saturated rings. The molecule has 0 saturated carbocycles. The summed E-state index contributed by atoms with van der Waals surface area (Å²) in [6, 6.07) is 6.25. The summed E-state index contributed by atoms with van der Waals surface area (Å²) in [7, 11) is 1.73. The molecule has 1 aromatic heterocycles.